The highest BCUT2D eigenvalue weighted by Crippen LogP contribution is 2.23. The molecular weight excluding hydrogens is 328 g/mol. The van der Waals surface area contributed by atoms with Gasteiger partial charge in [0.15, 0.2) is 5.78 Å². The van der Waals surface area contributed by atoms with Crippen LogP contribution >= 0.6 is 0 Å². The summed E-state index contributed by atoms with van der Waals surface area (Å²) < 4.78 is 4.65. The monoisotopic (exact) mass is 348 g/mol. The van der Waals surface area contributed by atoms with Crippen LogP contribution in [0.15, 0.2) is 65.3 Å². The maximum atomic E-state index is 11.7. The average Bonchev–Trinajstić information content (AvgIpc) is 3.16. The van der Waals surface area contributed by atoms with Crippen molar-refractivity contribution >= 4 is 29.2 Å². The molecule has 0 saturated carbocycles. The molecule has 26 heavy (non-hydrogen) atoms. The topological polar surface area (TPSA) is 59.0 Å². The van der Waals surface area contributed by atoms with Gasteiger partial charge in [0.25, 0.3) is 0 Å². The van der Waals surface area contributed by atoms with E-state index in [1.165, 1.54) is 14.0 Å². The lowest BCUT2D eigenvalue weighted by atomic mass is 10.1. The number of esters is 1. The number of methoxy groups -OCH3 is 1. The second kappa shape index (κ2) is 7.78. The standard InChI is InChI=1S/C21H20N2O3/c1-15(24)19(21(25)26-2)14-16-8-10-18(11-9-16)23-13-12-20(22-23)17-6-4-3-5-7-17/h3-11,14H,12-13H2,1-2H3/b19-14+. The van der Waals surface area contributed by atoms with E-state index in [9.17, 15) is 9.59 Å². The van der Waals surface area contributed by atoms with E-state index in [4.69, 9.17) is 5.10 Å². The van der Waals surface area contributed by atoms with Crippen LogP contribution in [0.4, 0.5) is 5.69 Å². The number of hydrogen-bond acceptors (Lipinski definition) is 5. The Morgan fingerprint density at radius 3 is 2.38 bits per heavy atom. The summed E-state index contributed by atoms with van der Waals surface area (Å²) >= 11 is 0. The number of anilines is 1. The fourth-order valence-electron chi connectivity index (χ4n) is 2.80. The predicted octanol–water partition coefficient (Wildman–Crippen LogP) is 3.45. The van der Waals surface area contributed by atoms with Crippen molar-refractivity contribution in [3.8, 4) is 0 Å². The Hall–Kier alpha value is -3.21. The zero-order valence-corrected chi connectivity index (χ0v) is 14.8. The van der Waals surface area contributed by atoms with E-state index >= 15 is 0 Å². The maximum absolute atomic E-state index is 11.7. The molecule has 0 saturated heterocycles. The average molecular weight is 348 g/mol. The van der Waals surface area contributed by atoms with Crippen LogP contribution in [-0.4, -0.2) is 31.1 Å². The Kier molecular flexibility index (Phi) is 5.27. The van der Waals surface area contributed by atoms with Crippen LogP contribution in [0.3, 0.4) is 0 Å². The summed E-state index contributed by atoms with van der Waals surface area (Å²) in [4.78, 5) is 23.3. The van der Waals surface area contributed by atoms with Crippen molar-refractivity contribution in [1.82, 2.24) is 0 Å². The highest BCUT2D eigenvalue weighted by Gasteiger charge is 2.18. The molecule has 2 aromatic rings. The molecule has 0 fully saturated rings. The molecule has 5 heteroatoms. The van der Waals surface area contributed by atoms with Crippen molar-refractivity contribution in [2.24, 2.45) is 5.10 Å². The van der Waals surface area contributed by atoms with Gasteiger partial charge in [0.05, 0.1) is 18.5 Å². The third-order valence-electron chi connectivity index (χ3n) is 4.20. The Morgan fingerprint density at radius 2 is 1.77 bits per heavy atom. The predicted molar refractivity (Wildman–Crippen MR) is 102 cm³/mol. The van der Waals surface area contributed by atoms with E-state index in [1.54, 1.807) is 6.08 Å². The number of nitrogens with zero attached hydrogens (tertiary/aromatic N) is 2. The minimum absolute atomic E-state index is 0.0332. The van der Waals surface area contributed by atoms with Gasteiger partial charge in [-0.3, -0.25) is 9.80 Å². The normalized spacial score (nSPS) is 14.2. The number of carbonyl (C=O) groups is 2. The Balaban J connectivity index is 1.79. The maximum Gasteiger partial charge on any atom is 0.341 e. The van der Waals surface area contributed by atoms with E-state index in [0.29, 0.717) is 0 Å². The number of hydrazone groups is 1. The lowest BCUT2D eigenvalue weighted by molar-refractivity contribution is -0.137. The molecule has 0 amide bonds. The van der Waals surface area contributed by atoms with Crippen LogP contribution in [0.5, 0.6) is 0 Å². The minimum Gasteiger partial charge on any atom is -0.465 e. The lowest BCUT2D eigenvalue weighted by Gasteiger charge is -2.13. The molecule has 132 valence electrons. The molecule has 3 rings (SSSR count). The first kappa shape index (κ1) is 17.6. The van der Waals surface area contributed by atoms with Crippen molar-refractivity contribution in [3.05, 3.63) is 71.3 Å². The number of hydrogen-bond donors (Lipinski definition) is 0. The molecule has 0 unspecified atom stereocenters. The summed E-state index contributed by atoms with van der Waals surface area (Å²) in [5.41, 5.74) is 3.97. The van der Waals surface area contributed by atoms with Gasteiger partial charge in [-0.1, -0.05) is 42.5 Å². The molecule has 1 heterocycles. The zero-order valence-electron chi connectivity index (χ0n) is 14.8. The summed E-state index contributed by atoms with van der Waals surface area (Å²) in [6.07, 6.45) is 2.43. The van der Waals surface area contributed by atoms with Crippen LogP contribution in [0.25, 0.3) is 6.08 Å². The summed E-state index contributed by atoms with van der Waals surface area (Å²) in [6, 6.07) is 17.7. The van der Waals surface area contributed by atoms with Gasteiger partial charge >= 0.3 is 5.97 Å². The molecule has 1 aliphatic heterocycles. The molecule has 0 bridgehead atoms. The van der Waals surface area contributed by atoms with Gasteiger partial charge in [-0.05, 0) is 36.3 Å². The first-order valence-electron chi connectivity index (χ1n) is 8.40. The molecule has 5 nitrogen and oxygen atoms in total. The third-order valence-corrected chi connectivity index (χ3v) is 4.20. The fraction of sp³-hybridized carbons (Fsp3) is 0.190. The Labute approximate surface area is 152 Å². The van der Waals surface area contributed by atoms with Gasteiger partial charge in [0.1, 0.15) is 5.57 Å². The second-order valence-electron chi connectivity index (χ2n) is 5.98. The van der Waals surface area contributed by atoms with E-state index < -0.39 is 5.97 Å². The van der Waals surface area contributed by atoms with Gasteiger partial charge in [0, 0.05) is 13.0 Å². The number of ketones is 1. The van der Waals surface area contributed by atoms with Crippen LogP contribution < -0.4 is 5.01 Å². The SMILES string of the molecule is COC(=O)/C(=C/c1ccc(N2CCC(c3ccccc3)=N2)cc1)C(C)=O. The Bertz CT molecular complexity index is 868. The smallest absolute Gasteiger partial charge is 0.341 e. The minimum atomic E-state index is -0.627. The number of ether oxygens (including phenoxy) is 1. The van der Waals surface area contributed by atoms with Crippen molar-refractivity contribution in [2.45, 2.75) is 13.3 Å². The zero-order chi connectivity index (χ0) is 18.5. The van der Waals surface area contributed by atoms with Gasteiger partial charge in [-0.25, -0.2) is 4.79 Å². The van der Waals surface area contributed by atoms with E-state index in [0.717, 1.165) is 35.5 Å². The number of benzene rings is 2. The van der Waals surface area contributed by atoms with Gasteiger partial charge in [0.2, 0.25) is 0 Å². The lowest BCUT2D eigenvalue weighted by Crippen LogP contribution is -2.12. The molecule has 0 atom stereocenters. The molecular formula is C21H20N2O3. The first-order chi connectivity index (χ1) is 12.6. The van der Waals surface area contributed by atoms with Gasteiger partial charge < -0.3 is 4.74 Å². The molecule has 0 aliphatic carbocycles. The Morgan fingerprint density at radius 1 is 1.08 bits per heavy atom. The van der Waals surface area contributed by atoms with Gasteiger partial charge in [-0.2, -0.15) is 5.10 Å². The molecule has 0 aromatic heterocycles. The first-order valence-corrected chi connectivity index (χ1v) is 8.40. The summed E-state index contributed by atoms with van der Waals surface area (Å²) in [7, 11) is 1.26. The van der Waals surface area contributed by atoms with Crippen molar-refractivity contribution in [2.75, 3.05) is 18.7 Å². The number of Topliss-reactive ketones (excluding diaryl/α,β-unsaturated/α-hetero) is 1. The number of carbonyl (C=O) groups excluding carboxylic acids is 2. The van der Waals surface area contributed by atoms with Crippen molar-refractivity contribution < 1.29 is 14.3 Å². The van der Waals surface area contributed by atoms with E-state index in [2.05, 4.69) is 16.9 Å². The largest absolute Gasteiger partial charge is 0.465 e. The molecule has 0 spiro atoms. The highest BCUT2D eigenvalue weighted by atomic mass is 16.5. The molecule has 2 aromatic carbocycles. The second-order valence-corrected chi connectivity index (χ2v) is 5.98. The summed E-state index contributed by atoms with van der Waals surface area (Å²) in [5.74, 6) is -0.948. The quantitative estimate of drug-likeness (QED) is 0.359. The van der Waals surface area contributed by atoms with E-state index in [-0.39, 0.29) is 11.4 Å². The van der Waals surface area contributed by atoms with Crippen LogP contribution in [0.1, 0.15) is 24.5 Å². The van der Waals surface area contributed by atoms with Crippen LogP contribution in [-0.2, 0) is 14.3 Å². The summed E-state index contributed by atoms with van der Waals surface area (Å²) in [6.45, 7) is 2.17. The van der Waals surface area contributed by atoms with Crippen molar-refractivity contribution in [1.29, 1.82) is 0 Å². The van der Waals surface area contributed by atoms with Crippen LogP contribution in [0.2, 0.25) is 0 Å². The van der Waals surface area contributed by atoms with E-state index in [1.807, 2.05) is 47.5 Å². The van der Waals surface area contributed by atoms with Gasteiger partial charge in [-0.15, -0.1) is 0 Å². The van der Waals surface area contributed by atoms with Crippen LogP contribution in [0, 0.1) is 0 Å². The van der Waals surface area contributed by atoms with Crippen molar-refractivity contribution in [3.63, 3.8) is 0 Å². The molecule has 1 aliphatic rings. The highest BCUT2D eigenvalue weighted by molar-refractivity contribution is 6.19. The molecule has 0 radical (unpaired) electrons. The third kappa shape index (κ3) is 3.88. The fourth-order valence-corrected chi connectivity index (χ4v) is 2.80. The molecule has 0 N–H and O–H groups in total. The number of rotatable bonds is 5. The summed E-state index contributed by atoms with van der Waals surface area (Å²) in [5, 5.41) is 6.66.